The lowest BCUT2D eigenvalue weighted by molar-refractivity contribution is 0.00313. The van der Waals surface area contributed by atoms with Crippen molar-refractivity contribution in [1.82, 2.24) is 29.7 Å². The van der Waals surface area contributed by atoms with Crippen LogP contribution in [0.2, 0.25) is 0 Å². The second-order valence-corrected chi connectivity index (χ2v) is 4.36. The maximum Gasteiger partial charge on any atom is 0.258 e. The third-order valence-corrected chi connectivity index (χ3v) is 2.99. The molecule has 1 fully saturated rings. The molecule has 1 atom stereocenters. The molecule has 112 valence electrons. The lowest BCUT2D eigenvalue weighted by Gasteiger charge is -2.32. The minimum Gasteiger partial charge on any atom is -0.394 e. The summed E-state index contributed by atoms with van der Waals surface area (Å²) in [7, 11) is 0. The minimum atomic E-state index is -0.264. The van der Waals surface area contributed by atoms with Crippen molar-refractivity contribution in [2.75, 3.05) is 36.6 Å². The van der Waals surface area contributed by atoms with Crippen molar-refractivity contribution >= 4 is 11.9 Å². The lowest BCUT2D eigenvalue weighted by atomic mass is 10.3. The molecule has 11 nitrogen and oxygen atoms in total. The zero-order chi connectivity index (χ0) is 14.7. The summed E-state index contributed by atoms with van der Waals surface area (Å²) in [5.41, 5.74) is 2.40. The van der Waals surface area contributed by atoms with Crippen LogP contribution in [0.1, 0.15) is 0 Å². The average Bonchev–Trinajstić information content (AvgIpc) is 3.09. The molecule has 3 rings (SSSR count). The van der Waals surface area contributed by atoms with Gasteiger partial charge < -0.3 is 14.7 Å². The van der Waals surface area contributed by atoms with E-state index in [-0.39, 0.29) is 18.7 Å². The van der Waals surface area contributed by atoms with Gasteiger partial charge in [0.05, 0.1) is 19.3 Å². The van der Waals surface area contributed by atoms with Gasteiger partial charge in [-0.05, 0) is 0 Å². The predicted octanol–water partition coefficient (Wildman–Crippen LogP) is -2.06. The Bertz CT molecular complexity index is 590. The summed E-state index contributed by atoms with van der Waals surface area (Å²) >= 11 is 0. The Balaban J connectivity index is 1.92. The van der Waals surface area contributed by atoms with Gasteiger partial charge in [-0.25, -0.2) is 10.8 Å². The van der Waals surface area contributed by atoms with E-state index in [0.29, 0.717) is 31.6 Å². The summed E-state index contributed by atoms with van der Waals surface area (Å²) in [6, 6.07) is 0. The Morgan fingerprint density at radius 1 is 1.38 bits per heavy atom. The van der Waals surface area contributed by atoms with Gasteiger partial charge in [-0.15, -0.1) is 0 Å². The molecule has 11 heteroatoms. The van der Waals surface area contributed by atoms with E-state index in [9.17, 15) is 5.11 Å². The number of nitrogens with two attached hydrogens (primary N) is 1. The monoisotopic (exact) mass is 293 g/mol. The molecule has 0 saturated carbocycles. The zero-order valence-electron chi connectivity index (χ0n) is 11.1. The fourth-order valence-corrected chi connectivity index (χ4v) is 1.99. The van der Waals surface area contributed by atoms with Gasteiger partial charge in [0.25, 0.3) is 5.95 Å². The van der Waals surface area contributed by atoms with Gasteiger partial charge in [0.2, 0.25) is 11.9 Å². The summed E-state index contributed by atoms with van der Waals surface area (Å²) < 4.78 is 6.82. The van der Waals surface area contributed by atoms with Crippen molar-refractivity contribution in [3.63, 3.8) is 0 Å². The highest BCUT2D eigenvalue weighted by Gasteiger charge is 2.23. The normalized spacial score (nSPS) is 18.8. The SMILES string of the molecule is NNc1nc(N2CCOC(CO)C2)nc(-n2cncn2)n1. The first-order chi connectivity index (χ1) is 10.3. The Hall–Kier alpha value is -2.37. The number of ether oxygens (including phenoxy) is 1. The summed E-state index contributed by atoms with van der Waals surface area (Å²) in [6.45, 7) is 1.53. The molecule has 0 aliphatic carbocycles. The van der Waals surface area contributed by atoms with E-state index in [1.807, 2.05) is 4.90 Å². The van der Waals surface area contributed by atoms with Crippen LogP contribution in [0.5, 0.6) is 0 Å². The van der Waals surface area contributed by atoms with E-state index in [4.69, 9.17) is 10.6 Å². The fourth-order valence-electron chi connectivity index (χ4n) is 1.99. The van der Waals surface area contributed by atoms with Gasteiger partial charge in [-0.1, -0.05) is 0 Å². The predicted molar refractivity (Wildman–Crippen MR) is 71.6 cm³/mol. The number of aromatic nitrogens is 6. The first kappa shape index (κ1) is 13.6. The molecule has 0 radical (unpaired) electrons. The van der Waals surface area contributed by atoms with E-state index < -0.39 is 0 Å². The number of nitrogens with one attached hydrogen (secondary N) is 1. The molecule has 0 amide bonds. The Morgan fingerprint density at radius 2 is 2.24 bits per heavy atom. The van der Waals surface area contributed by atoms with Crippen LogP contribution in [-0.2, 0) is 4.74 Å². The molecule has 0 aromatic carbocycles. The molecule has 21 heavy (non-hydrogen) atoms. The molecule has 4 N–H and O–H groups in total. The molecule has 1 aliphatic rings. The number of aliphatic hydroxyl groups is 1. The van der Waals surface area contributed by atoms with Crippen molar-refractivity contribution in [1.29, 1.82) is 0 Å². The summed E-state index contributed by atoms with van der Waals surface area (Å²) in [4.78, 5) is 18.4. The highest BCUT2D eigenvalue weighted by molar-refractivity contribution is 5.39. The van der Waals surface area contributed by atoms with Gasteiger partial charge in [0.15, 0.2) is 0 Å². The summed E-state index contributed by atoms with van der Waals surface area (Å²) in [5, 5.41) is 13.2. The maximum absolute atomic E-state index is 9.20. The van der Waals surface area contributed by atoms with Crippen molar-refractivity contribution in [3.8, 4) is 5.95 Å². The van der Waals surface area contributed by atoms with Crippen LogP contribution < -0.4 is 16.2 Å². The van der Waals surface area contributed by atoms with Crippen LogP contribution in [0.25, 0.3) is 5.95 Å². The largest absolute Gasteiger partial charge is 0.394 e. The van der Waals surface area contributed by atoms with Gasteiger partial charge in [-0.2, -0.15) is 24.7 Å². The van der Waals surface area contributed by atoms with E-state index >= 15 is 0 Å². The number of morpholine rings is 1. The quantitative estimate of drug-likeness (QED) is 0.425. The summed E-state index contributed by atoms with van der Waals surface area (Å²) in [6.07, 6.45) is 2.60. The molecular formula is C10H15N9O2. The van der Waals surface area contributed by atoms with Crippen molar-refractivity contribution in [2.45, 2.75) is 6.10 Å². The second kappa shape index (κ2) is 5.95. The van der Waals surface area contributed by atoms with Gasteiger partial charge in [0.1, 0.15) is 12.7 Å². The van der Waals surface area contributed by atoms with Gasteiger partial charge >= 0.3 is 0 Å². The molecule has 1 aliphatic heterocycles. The minimum absolute atomic E-state index is 0.0560. The first-order valence-electron chi connectivity index (χ1n) is 6.35. The number of rotatable bonds is 4. The number of aliphatic hydroxyl groups excluding tert-OH is 1. The van der Waals surface area contributed by atoms with E-state index in [0.717, 1.165) is 0 Å². The number of nitrogen functional groups attached to an aromatic ring is 1. The summed E-state index contributed by atoms with van der Waals surface area (Å²) in [5.74, 6) is 6.35. The molecule has 2 aromatic rings. The lowest BCUT2D eigenvalue weighted by Crippen LogP contribution is -2.45. The molecule has 1 saturated heterocycles. The third kappa shape index (κ3) is 2.89. The Labute approximate surface area is 119 Å². The van der Waals surface area contributed by atoms with Crippen LogP contribution in [-0.4, -0.2) is 67.2 Å². The Kier molecular flexibility index (Phi) is 3.85. The van der Waals surface area contributed by atoms with Crippen LogP contribution in [0, 0.1) is 0 Å². The number of nitrogens with zero attached hydrogens (tertiary/aromatic N) is 7. The number of hydrogen-bond acceptors (Lipinski definition) is 10. The number of hydrazine groups is 1. The highest BCUT2D eigenvalue weighted by Crippen LogP contribution is 2.15. The van der Waals surface area contributed by atoms with Crippen molar-refractivity contribution < 1.29 is 9.84 Å². The fraction of sp³-hybridized carbons (Fsp3) is 0.500. The molecule has 0 bridgehead atoms. The second-order valence-electron chi connectivity index (χ2n) is 4.36. The molecule has 2 aromatic heterocycles. The van der Waals surface area contributed by atoms with E-state index in [1.165, 1.54) is 17.3 Å². The number of hydrogen-bond donors (Lipinski definition) is 3. The average molecular weight is 293 g/mol. The first-order valence-corrected chi connectivity index (χ1v) is 6.35. The number of anilines is 2. The van der Waals surface area contributed by atoms with Gasteiger partial charge in [0, 0.05) is 13.1 Å². The molecule has 1 unspecified atom stereocenters. The van der Waals surface area contributed by atoms with Crippen LogP contribution in [0.15, 0.2) is 12.7 Å². The van der Waals surface area contributed by atoms with Crippen LogP contribution in [0.3, 0.4) is 0 Å². The van der Waals surface area contributed by atoms with E-state index in [1.54, 1.807) is 0 Å². The molecule has 0 spiro atoms. The molecular weight excluding hydrogens is 278 g/mol. The van der Waals surface area contributed by atoms with E-state index in [2.05, 4.69) is 30.5 Å². The maximum atomic E-state index is 9.20. The Morgan fingerprint density at radius 3 is 2.95 bits per heavy atom. The van der Waals surface area contributed by atoms with Crippen LogP contribution in [0.4, 0.5) is 11.9 Å². The van der Waals surface area contributed by atoms with Crippen molar-refractivity contribution in [3.05, 3.63) is 12.7 Å². The smallest absolute Gasteiger partial charge is 0.258 e. The zero-order valence-corrected chi connectivity index (χ0v) is 11.1. The van der Waals surface area contributed by atoms with Crippen LogP contribution >= 0.6 is 0 Å². The molecule has 3 heterocycles. The topological polar surface area (TPSA) is 140 Å². The van der Waals surface area contributed by atoms with Gasteiger partial charge in [-0.3, -0.25) is 5.43 Å². The third-order valence-electron chi connectivity index (χ3n) is 2.99. The standard InChI is InChI=1S/C10H15N9O2/c11-17-8-14-9(18-1-2-21-7(3-18)4-20)16-10(15-8)19-6-12-5-13-19/h5-7,20H,1-4,11H2,(H,14,15,16,17). The van der Waals surface area contributed by atoms with Crippen molar-refractivity contribution in [2.24, 2.45) is 5.84 Å². The highest BCUT2D eigenvalue weighted by atomic mass is 16.5.